The van der Waals surface area contributed by atoms with Crippen LogP contribution < -0.4 is 19.6 Å². The molecule has 0 atom stereocenters. The van der Waals surface area contributed by atoms with Gasteiger partial charge in [0.15, 0.2) is 11.5 Å². The molecule has 6 nitrogen and oxygen atoms in total. The van der Waals surface area contributed by atoms with E-state index in [4.69, 9.17) is 25.8 Å². The summed E-state index contributed by atoms with van der Waals surface area (Å²) >= 11 is 9.34. The van der Waals surface area contributed by atoms with Crippen LogP contribution in [0.3, 0.4) is 0 Å². The molecule has 0 radical (unpaired) electrons. The molecule has 1 amide bonds. The first-order valence-electron chi connectivity index (χ1n) is 7.08. The van der Waals surface area contributed by atoms with Crippen molar-refractivity contribution in [1.29, 1.82) is 0 Å². The van der Waals surface area contributed by atoms with Gasteiger partial charge in [0.05, 0.1) is 33.1 Å². The number of carbonyl (C=O) groups is 1. The quantitative estimate of drug-likeness (QED) is 0.561. The van der Waals surface area contributed by atoms with Crippen LogP contribution in [0.15, 0.2) is 39.9 Å². The molecule has 0 fully saturated rings. The molecule has 0 aromatic heterocycles. The van der Waals surface area contributed by atoms with E-state index < -0.39 is 5.91 Å². The van der Waals surface area contributed by atoms with E-state index in [0.717, 1.165) is 4.47 Å². The zero-order valence-corrected chi connectivity index (χ0v) is 16.1. The number of halogens is 2. The van der Waals surface area contributed by atoms with Gasteiger partial charge in [0.2, 0.25) is 0 Å². The summed E-state index contributed by atoms with van der Waals surface area (Å²) in [7, 11) is 4.57. The van der Waals surface area contributed by atoms with Crippen molar-refractivity contribution in [1.82, 2.24) is 5.43 Å². The molecule has 0 heterocycles. The number of hydrazone groups is 1. The number of amides is 1. The SMILES string of the molecule is COc1cc(Br)c(C=NNC(=O)c2cc(Cl)ccc2OC)cc1OC. The van der Waals surface area contributed by atoms with Gasteiger partial charge >= 0.3 is 0 Å². The summed E-state index contributed by atoms with van der Waals surface area (Å²) in [5.41, 5.74) is 3.44. The zero-order valence-electron chi connectivity index (χ0n) is 13.8. The lowest BCUT2D eigenvalue weighted by molar-refractivity contribution is 0.0952. The Labute approximate surface area is 158 Å². The Balaban J connectivity index is 2.18. The van der Waals surface area contributed by atoms with Crippen molar-refractivity contribution in [2.45, 2.75) is 0 Å². The van der Waals surface area contributed by atoms with Gasteiger partial charge in [-0.05, 0) is 46.3 Å². The van der Waals surface area contributed by atoms with Gasteiger partial charge in [-0.25, -0.2) is 5.43 Å². The van der Waals surface area contributed by atoms with E-state index in [2.05, 4.69) is 26.5 Å². The minimum atomic E-state index is -0.438. The van der Waals surface area contributed by atoms with E-state index in [1.54, 1.807) is 38.5 Å². The molecule has 25 heavy (non-hydrogen) atoms. The van der Waals surface area contributed by atoms with Crippen molar-refractivity contribution in [2.24, 2.45) is 5.10 Å². The maximum atomic E-state index is 12.3. The summed E-state index contributed by atoms with van der Waals surface area (Å²) in [4.78, 5) is 12.3. The lowest BCUT2D eigenvalue weighted by Crippen LogP contribution is -2.18. The average Bonchev–Trinajstić information content (AvgIpc) is 2.62. The summed E-state index contributed by atoms with van der Waals surface area (Å²) in [6.07, 6.45) is 1.49. The summed E-state index contributed by atoms with van der Waals surface area (Å²) in [6, 6.07) is 8.26. The summed E-state index contributed by atoms with van der Waals surface area (Å²) in [6.45, 7) is 0. The minimum Gasteiger partial charge on any atom is -0.496 e. The van der Waals surface area contributed by atoms with Crippen LogP contribution in [0.5, 0.6) is 17.2 Å². The number of benzene rings is 2. The van der Waals surface area contributed by atoms with Crippen LogP contribution in [-0.2, 0) is 0 Å². The Morgan fingerprint density at radius 3 is 2.36 bits per heavy atom. The zero-order chi connectivity index (χ0) is 18.4. The molecule has 2 rings (SSSR count). The second-order valence-electron chi connectivity index (χ2n) is 4.77. The maximum Gasteiger partial charge on any atom is 0.275 e. The number of ether oxygens (including phenoxy) is 3. The molecular formula is C17H16BrClN2O4. The Morgan fingerprint density at radius 2 is 1.72 bits per heavy atom. The van der Waals surface area contributed by atoms with Crippen molar-refractivity contribution < 1.29 is 19.0 Å². The number of nitrogens with zero attached hydrogens (tertiary/aromatic N) is 1. The Morgan fingerprint density at radius 1 is 1.08 bits per heavy atom. The van der Waals surface area contributed by atoms with Gasteiger partial charge in [0.25, 0.3) is 5.91 Å². The van der Waals surface area contributed by atoms with Crippen LogP contribution in [0.4, 0.5) is 0 Å². The standard InChI is InChI=1S/C17H16BrClN2O4/c1-23-14-5-4-11(19)7-12(14)17(22)21-20-9-10-6-15(24-2)16(25-3)8-13(10)18/h4-9H,1-3H3,(H,21,22). The van der Waals surface area contributed by atoms with E-state index in [-0.39, 0.29) is 0 Å². The van der Waals surface area contributed by atoms with Crippen molar-refractivity contribution in [3.8, 4) is 17.2 Å². The van der Waals surface area contributed by atoms with Crippen LogP contribution in [-0.4, -0.2) is 33.5 Å². The number of hydrogen-bond donors (Lipinski definition) is 1. The molecular weight excluding hydrogens is 412 g/mol. The highest BCUT2D eigenvalue weighted by atomic mass is 79.9. The van der Waals surface area contributed by atoms with E-state index in [9.17, 15) is 4.79 Å². The number of carbonyl (C=O) groups excluding carboxylic acids is 1. The van der Waals surface area contributed by atoms with Crippen molar-refractivity contribution in [2.75, 3.05) is 21.3 Å². The number of methoxy groups -OCH3 is 3. The van der Waals surface area contributed by atoms with Gasteiger partial charge in [-0.3, -0.25) is 4.79 Å². The fraction of sp³-hybridized carbons (Fsp3) is 0.176. The highest BCUT2D eigenvalue weighted by molar-refractivity contribution is 9.10. The molecule has 0 spiro atoms. The first kappa shape index (κ1) is 19.1. The third-order valence-electron chi connectivity index (χ3n) is 3.28. The van der Waals surface area contributed by atoms with Crippen LogP contribution in [0.25, 0.3) is 0 Å². The topological polar surface area (TPSA) is 69.2 Å². The van der Waals surface area contributed by atoms with E-state index in [1.807, 2.05) is 0 Å². The number of rotatable bonds is 6. The smallest absolute Gasteiger partial charge is 0.275 e. The highest BCUT2D eigenvalue weighted by Gasteiger charge is 2.12. The Bertz CT molecular complexity index is 811. The Kier molecular flexibility index (Phi) is 6.66. The van der Waals surface area contributed by atoms with Crippen molar-refractivity contribution >= 4 is 39.7 Å². The van der Waals surface area contributed by atoms with Crippen LogP contribution >= 0.6 is 27.5 Å². The molecule has 0 aliphatic heterocycles. The van der Waals surface area contributed by atoms with E-state index >= 15 is 0 Å². The van der Waals surface area contributed by atoms with Gasteiger partial charge in [0, 0.05) is 15.1 Å². The fourth-order valence-corrected chi connectivity index (χ4v) is 2.64. The lowest BCUT2D eigenvalue weighted by atomic mass is 10.2. The van der Waals surface area contributed by atoms with Crippen molar-refractivity contribution in [3.05, 3.63) is 51.0 Å². The number of nitrogens with one attached hydrogen (secondary N) is 1. The third-order valence-corrected chi connectivity index (χ3v) is 4.20. The van der Waals surface area contributed by atoms with E-state index in [1.165, 1.54) is 19.4 Å². The minimum absolute atomic E-state index is 0.290. The van der Waals surface area contributed by atoms with Gasteiger partial charge < -0.3 is 14.2 Å². The number of hydrogen-bond acceptors (Lipinski definition) is 5. The predicted octanol–water partition coefficient (Wildman–Crippen LogP) is 3.89. The first-order valence-corrected chi connectivity index (χ1v) is 8.25. The molecule has 0 saturated heterocycles. The molecule has 0 bridgehead atoms. The normalized spacial score (nSPS) is 10.6. The van der Waals surface area contributed by atoms with Gasteiger partial charge in [-0.2, -0.15) is 5.10 Å². The van der Waals surface area contributed by atoms with Crippen LogP contribution in [0.2, 0.25) is 5.02 Å². The molecule has 132 valence electrons. The maximum absolute atomic E-state index is 12.3. The van der Waals surface area contributed by atoms with Crippen LogP contribution in [0, 0.1) is 0 Å². The molecule has 0 saturated carbocycles. The van der Waals surface area contributed by atoms with E-state index in [0.29, 0.717) is 33.4 Å². The molecule has 8 heteroatoms. The molecule has 1 N–H and O–H groups in total. The largest absolute Gasteiger partial charge is 0.496 e. The fourth-order valence-electron chi connectivity index (χ4n) is 2.05. The van der Waals surface area contributed by atoms with Gasteiger partial charge in [0.1, 0.15) is 5.75 Å². The van der Waals surface area contributed by atoms with Crippen LogP contribution in [0.1, 0.15) is 15.9 Å². The summed E-state index contributed by atoms with van der Waals surface area (Å²) in [5.74, 6) is 1.10. The predicted molar refractivity (Wildman–Crippen MR) is 100 cm³/mol. The monoisotopic (exact) mass is 426 g/mol. The summed E-state index contributed by atoms with van der Waals surface area (Å²) < 4.78 is 16.4. The van der Waals surface area contributed by atoms with Crippen molar-refractivity contribution in [3.63, 3.8) is 0 Å². The first-order chi connectivity index (χ1) is 12.0. The Hall–Kier alpha value is -2.25. The summed E-state index contributed by atoms with van der Waals surface area (Å²) in [5, 5.41) is 4.39. The third kappa shape index (κ3) is 4.64. The average molecular weight is 428 g/mol. The lowest BCUT2D eigenvalue weighted by Gasteiger charge is -2.10. The molecule has 0 unspecified atom stereocenters. The molecule has 2 aromatic carbocycles. The second kappa shape index (κ2) is 8.73. The second-order valence-corrected chi connectivity index (χ2v) is 6.06. The van der Waals surface area contributed by atoms with Gasteiger partial charge in [-0.1, -0.05) is 11.6 Å². The molecule has 2 aromatic rings. The van der Waals surface area contributed by atoms with Gasteiger partial charge in [-0.15, -0.1) is 0 Å². The molecule has 0 aliphatic rings. The highest BCUT2D eigenvalue weighted by Crippen LogP contribution is 2.32. The molecule has 0 aliphatic carbocycles.